The Labute approximate surface area is 141 Å². The van der Waals surface area contributed by atoms with Crippen molar-refractivity contribution in [3.8, 4) is 0 Å². The number of benzene rings is 1. The van der Waals surface area contributed by atoms with Crippen LogP contribution >= 0.6 is 11.3 Å². The summed E-state index contributed by atoms with van der Waals surface area (Å²) in [6.07, 6.45) is 1.30. The van der Waals surface area contributed by atoms with Gasteiger partial charge in [-0.1, -0.05) is 18.2 Å². The third kappa shape index (κ3) is 5.53. The Bertz CT molecular complexity index is 634. The quantitative estimate of drug-likeness (QED) is 0.757. The smallest absolute Gasteiger partial charge is 0.220 e. The summed E-state index contributed by atoms with van der Waals surface area (Å²) >= 11 is 1.42. The Hall–Kier alpha value is -2.14. The lowest BCUT2D eigenvalue weighted by molar-refractivity contribution is -0.121. The van der Waals surface area contributed by atoms with Gasteiger partial charge in [0, 0.05) is 39.2 Å². The zero-order valence-electron chi connectivity index (χ0n) is 13.5. The minimum Gasteiger partial charge on any atom is -0.378 e. The van der Waals surface area contributed by atoms with Crippen LogP contribution < -0.4 is 10.2 Å². The Morgan fingerprint density at radius 3 is 2.43 bits per heavy atom. The van der Waals surface area contributed by atoms with E-state index in [2.05, 4.69) is 34.5 Å². The van der Waals surface area contributed by atoms with E-state index >= 15 is 0 Å². The summed E-state index contributed by atoms with van der Waals surface area (Å²) in [6, 6.07) is 11.9. The number of Topliss-reactive ketones (excluding diaryl/α,β-unsaturated/α-hetero) is 1. The van der Waals surface area contributed by atoms with E-state index in [1.807, 2.05) is 25.5 Å². The van der Waals surface area contributed by atoms with Crippen LogP contribution in [0, 0.1) is 0 Å². The molecule has 4 nitrogen and oxygen atoms in total. The first-order valence-corrected chi connectivity index (χ1v) is 8.54. The van der Waals surface area contributed by atoms with E-state index in [1.54, 1.807) is 6.07 Å². The summed E-state index contributed by atoms with van der Waals surface area (Å²) in [5.74, 6) is -0.0331. The van der Waals surface area contributed by atoms with Crippen LogP contribution in [0.25, 0.3) is 0 Å². The highest BCUT2D eigenvalue weighted by Gasteiger charge is 2.09. The molecule has 1 N–H and O–H groups in total. The van der Waals surface area contributed by atoms with Gasteiger partial charge in [0.05, 0.1) is 4.88 Å². The van der Waals surface area contributed by atoms with Crippen molar-refractivity contribution in [1.29, 1.82) is 0 Å². The van der Waals surface area contributed by atoms with Crippen molar-refractivity contribution >= 4 is 28.7 Å². The van der Waals surface area contributed by atoms with Crippen LogP contribution in [0.3, 0.4) is 0 Å². The fourth-order valence-electron chi connectivity index (χ4n) is 2.18. The normalized spacial score (nSPS) is 10.3. The number of ketones is 1. The lowest BCUT2D eigenvalue weighted by atomic mass is 10.1. The summed E-state index contributed by atoms with van der Waals surface area (Å²) in [6.45, 7) is 0.591. The van der Waals surface area contributed by atoms with Crippen molar-refractivity contribution in [1.82, 2.24) is 5.32 Å². The molecular weight excluding hydrogens is 308 g/mol. The molecule has 1 aromatic heterocycles. The molecule has 1 aromatic carbocycles. The second-order valence-corrected chi connectivity index (χ2v) is 6.51. The number of hydrogen-bond donors (Lipinski definition) is 1. The van der Waals surface area contributed by atoms with Crippen molar-refractivity contribution in [2.24, 2.45) is 0 Å². The summed E-state index contributed by atoms with van der Waals surface area (Å²) in [5, 5.41) is 4.74. The van der Waals surface area contributed by atoms with Gasteiger partial charge in [0.15, 0.2) is 5.78 Å². The van der Waals surface area contributed by atoms with E-state index in [1.165, 1.54) is 16.9 Å². The molecule has 2 rings (SSSR count). The van der Waals surface area contributed by atoms with Gasteiger partial charge in [0.25, 0.3) is 0 Å². The van der Waals surface area contributed by atoms with Crippen LogP contribution in [-0.4, -0.2) is 32.3 Å². The minimum absolute atomic E-state index is 0.0365. The maximum Gasteiger partial charge on any atom is 0.220 e. The molecule has 5 heteroatoms. The summed E-state index contributed by atoms with van der Waals surface area (Å²) in [5.41, 5.74) is 2.34. The Morgan fingerprint density at radius 2 is 1.83 bits per heavy atom. The van der Waals surface area contributed by atoms with Crippen LogP contribution in [0.5, 0.6) is 0 Å². The second kappa shape index (κ2) is 8.48. The van der Waals surface area contributed by atoms with E-state index in [4.69, 9.17) is 0 Å². The van der Waals surface area contributed by atoms with Gasteiger partial charge in [0.1, 0.15) is 0 Å². The molecule has 0 radical (unpaired) electrons. The second-order valence-electron chi connectivity index (χ2n) is 5.56. The highest BCUT2D eigenvalue weighted by Crippen LogP contribution is 2.13. The highest BCUT2D eigenvalue weighted by molar-refractivity contribution is 7.12. The molecule has 0 aliphatic rings. The largest absolute Gasteiger partial charge is 0.378 e. The lowest BCUT2D eigenvalue weighted by Gasteiger charge is -2.12. The van der Waals surface area contributed by atoms with E-state index in [0.29, 0.717) is 6.54 Å². The Balaban J connectivity index is 1.67. The Morgan fingerprint density at radius 1 is 1.09 bits per heavy atom. The Kier molecular flexibility index (Phi) is 6.35. The van der Waals surface area contributed by atoms with E-state index in [-0.39, 0.29) is 24.5 Å². The van der Waals surface area contributed by atoms with Crippen molar-refractivity contribution < 1.29 is 9.59 Å². The van der Waals surface area contributed by atoms with E-state index in [0.717, 1.165) is 17.0 Å². The van der Waals surface area contributed by atoms with Gasteiger partial charge in [-0.2, -0.15) is 0 Å². The molecule has 0 atom stereocenters. The van der Waals surface area contributed by atoms with Crippen LogP contribution in [-0.2, 0) is 11.2 Å². The molecule has 23 heavy (non-hydrogen) atoms. The molecule has 0 saturated heterocycles. The molecule has 0 saturated carbocycles. The fourth-order valence-corrected chi connectivity index (χ4v) is 2.88. The molecule has 1 heterocycles. The predicted octanol–water partition coefficient (Wildman–Crippen LogP) is 3.14. The van der Waals surface area contributed by atoms with Crippen molar-refractivity contribution in [3.63, 3.8) is 0 Å². The molecule has 0 aliphatic carbocycles. The summed E-state index contributed by atoms with van der Waals surface area (Å²) in [7, 11) is 4.01. The zero-order chi connectivity index (χ0) is 16.7. The number of carbonyl (C=O) groups is 2. The monoisotopic (exact) mass is 330 g/mol. The number of hydrogen-bond acceptors (Lipinski definition) is 4. The van der Waals surface area contributed by atoms with Crippen LogP contribution in [0.2, 0.25) is 0 Å². The standard InChI is InChI=1S/C18H22N2O2S/c1-20(2)15-7-5-14(6-8-15)11-12-19-18(22)10-9-16(21)17-4-3-13-23-17/h3-8,13H,9-12H2,1-2H3,(H,19,22). The topological polar surface area (TPSA) is 49.4 Å². The third-order valence-electron chi connectivity index (χ3n) is 3.56. The average molecular weight is 330 g/mol. The molecule has 0 fully saturated rings. The lowest BCUT2D eigenvalue weighted by Crippen LogP contribution is -2.26. The first kappa shape index (κ1) is 17.2. The van der Waals surface area contributed by atoms with Gasteiger partial charge in [-0.15, -0.1) is 11.3 Å². The number of nitrogens with zero attached hydrogens (tertiary/aromatic N) is 1. The molecule has 0 spiro atoms. The number of thiophene rings is 1. The first-order valence-electron chi connectivity index (χ1n) is 7.66. The van der Waals surface area contributed by atoms with Gasteiger partial charge in [-0.05, 0) is 35.6 Å². The van der Waals surface area contributed by atoms with Gasteiger partial charge >= 0.3 is 0 Å². The van der Waals surface area contributed by atoms with Crippen molar-refractivity contribution in [2.45, 2.75) is 19.3 Å². The van der Waals surface area contributed by atoms with Crippen LogP contribution in [0.1, 0.15) is 28.1 Å². The average Bonchev–Trinajstić information content (AvgIpc) is 3.07. The van der Waals surface area contributed by atoms with Gasteiger partial charge in [-0.3, -0.25) is 9.59 Å². The SMILES string of the molecule is CN(C)c1ccc(CCNC(=O)CCC(=O)c2cccs2)cc1. The molecule has 122 valence electrons. The zero-order valence-corrected chi connectivity index (χ0v) is 14.4. The first-order chi connectivity index (χ1) is 11.1. The summed E-state index contributed by atoms with van der Waals surface area (Å²) < 4.78 is 0. The molecular formula is C18H22N2O2S. The van der Waals surface area contributed by atoms with E-state index < -0.39 is 0 Å². The van der Waals surface area contributed by atoms with Crippen molar-refractivity contribution in [3.05, 3.63) is 52.2 Å². The molecule has 1 amide bonds. The summed E-state index contributed by atoms with van der Waals surface area (Å²) in [4.78, 5) is 26.4. The molecule has 2 aromatic rings. The molecule has 0 bridgehead atoms. The number of amides is 1. The molecule has 0 aliphatic heterocycles. The molecule has 0 unspecified atom stereocenters. The number of rotatable bonds is 8. The number of carbonyl (C=O) groups excluding carboxylic acids is 2. The van der Waals surface area contributed by atoms with Crippen molar-refractivity contribution in [2.75, 3.05) is 25.5 Å². The van der Waals surface area contributed by atoms with Gasteiger partial charge < -0.3 is 10.2 Å². The predicted molar refractivity (Wildman–Crippen MR) is 95.4 cm³/mol. The third-order valence-corrected chi connectivity index (χ3v) is 4.47. The number of nitrogens with one attached hydrogen (secondary N) is 1. The van der Waals surface area contributed by atoms with Gasteiger partial charge in [0.2, 0.25) is 5.91 Å². The maximum atomic E-state index is 11.8. The van der Waals surface area contributed by atoms with E-state index in [9.17, 15) is 9.59 Å². The minimum atomic E-state index is -0.0696. The van der Waals surface area contributed by atoms with Gasteiger partial charge in [-0.25, -0.2) is 0 Å². The fraction of sp³-hybridized carbons (Fsp3) is 0.333. The number of anilines is 1. The highest BCUT2D eigenvalue weighted by atomic mass is 32.1. The van der Waals surface area contributed by atoms with Crippen LogP contribution in [0.15, 0.2) is 41.8 Å². The maximum absolute atomic E-state index is 11.8. The van der Waals surface area contributed by atoms with Crippen LogP contribution in [0.4, 0.5) is 5.69 Å².